The molecule has 0 fully saturated rings. The van der Waals surface area contributed by atoms with E-state index in [0.717, 1.165) is 5.57 Å². The van der Waals surface area contributed by atoms with E-state index in [1.165, 1.54) is 19.3 Å². The van der Waals surface area contributed by atoms with E-state index in [-0.39, 0.29) is 23.6 Å². The zero-order valence-electron chi connectivity index (χ0n) is 19.3. The molecule has 1 aliphatic carbocycles. The van der Waals surface area contributed by atoms with Crippen molar-refractivity contribution < 1.29 is 29.3 Å². The first-order valence-electron chi connectivity index (χ1n) is 10.6. The second-order valence-electron chi connectivity index (χ2n) is 9.04. The highest BCUT2D eigenvalue weighted by Crippen LogP contribution is 2.46. The normalized spacial score (nSPS) is 24.9. The van der Waals surface area contributed by atoms with E-state index in [0.29, 0.717) is 24.8 Å². The van der Waals surface area contributed by atoms with Crippen molar-refractivity contribution in [2.24, 2.45) is 17.3 Å². The lowest BCUT2D eigenvalue weighted by Gasteiger charge is -2.38. The van der Waals surface area contributed by atoms with Gasteiger partial charge in [-0.05, 0) is 64.4 Å². The van der Waals surface area contributed by atoms with E-state index < -0.39 is 35.9 Å². The molecule has 2 N–H and O–H groups in total. The lowest BCUT2D eigenvalue weighted by atomic mass is 9.65. The predicted molar refractivity (Wildman–Crippen MR) is 120 cm³/mol. The molecule has 0 spiro atoms. The predicted octanol–water partition coefficient (Wildman–Crippen LogP) is 3.84. The molecule has 1 rings (SSSR count). The van der Waals surface area contributed by atoms with Crippen LogP contribution in [0.15, 0.2) is 47.8 Å². The van der Waals surface area contributed by atoms with Gasteiger partial charge in [-0.2, -0.15) is 0 Å². The van der Waals surface area contributed by atoms with Gasteiger partial charge < -0.3 is 19.7 Å². The molecule has 31 heavy (non-hydrogen) atoms. The molecule has 0 saturated carbocycles. The maximum atomic E-state index is 13.1. The largest absolute Gasteiger partial charge is 0.432 e. The van der Waals surface area contributed by atoms with Gasteiger partial charge in [-0.3, -0.25) is 4.79 Å². The fraction of sp³-hybridized carbons (Fsp3) is 0.560. The van der Waals surface area contributed by atoms with Crippen LogP contribution in [0.2, 0.25) is 0 Å². The molecule has 0 radical (unpaired) electrons. The molecule has 6 heteroatoms. The van der Waals surface area contributed by atoms with Gasteiger partial charge in [0.05, 0.1) is 19.0 Å². The second kappa shape index (κ2) is 11.9. The fourth-order valence-electron chi connectivity index (χ4n) is 3.96. The van der Waals surface area contributed by atoms with Crippen LogP contribution < -0.4 is 0 Å². The summed E-state index contributed by atoms with van der Waals surface area (Å²) in [7, 11) is 0. The maximum Gasteiger partial charge on any atom is 0.335 e. The highest BCUT2D eigenvalue weighted by atomic mass is 16.5. The van der Waals surface area contributed by atoms with Gasteiger partial charge in [0.2, 0.25) is 0 Å². The second-order valence-corrected chi connectivity index (χ2v) is 9.04. The number of carbonyl (C=O) groups excluding carboxylic acids is 3. The Morgan fingerprint density at radius 3 is 2.48 bits per heavy atom. The quantitative estimate of drug-likeness (QED) is 0.235. The van der Waals surface area contributed by atoms with E-state index >= 15 is 0 Å². The minimum Gasteiger partial charge on any atom is -0.432 e. The number of Topliss-reactive ketones (excluding diaryl/α,β-unsaturated/α-hetero) is 2. The number of carbonyl (C=O) groups is 3. The molecule has 6 nitrogen and oxygen atoms in total. The van der Waals surface area contributed by atoms with Gasteiger partial charge in [0.1, 0.15) is 5.78 Å². The SMILES string of the molecule is C=C(C)C(O)CC[C@@]1(C)CC=C(CO)C(=O)[C@@H](CC(C)=O)[C@@H]1/C=C/OC(=O)C=C(C)C. The minimum absolute atomic E-state index is 0.0196. The zero-order valence-corrected chi connectivity index (χ0v) is 19.3. The van der Waals surface area contributed by atoms with Crippen molar-refractivity contribution >= 4 is 17.5 Å². The molecular weight excluding hydrogens is 396 g/mol. The average Bonchev–Trinajstić information content (AvgIpc) is 2.75. The van der Waals surface area contributed by atoms with E-state index in [4.69, 9.17) is 4.74 Å². The molecule has 172 valence electrons. The van der Waals surface area contributed by atoms with E-state index in [1.807, 2.05) is 6.92 Å². The van der Waals surface area contributed by atoms with Crippen LogP contribution in [-0.4, -0.2) is 40.5 Å². The number of ketones is 2. The number of hydrogen-bond donors (Lipinski definition) is 2. The number of esters is 1. The third kappa shape index (κ3) is 8.04. The third-order valence-corrected chi connectivity index (χ3v) is 5.82. The molecule has 4 atom stereocenters. The summed E-state index contributed by atoms with van der Waals surface area (Å²) >= 11 is 0. The molecule has 0 heterocycles. The van der Waals surface area contributed by atoms with Crippen molar-refractivity contribution in [1.82, 2.24) is 0 Å². The number of aliphatic hydroxyl groups is 2. The van der Waals surface area contributed by atoms with Crippen molar-refractivity contribution in [3.63, 3.8) is 0 Å². The standard InChI is InChI=1S/C25H36O6/c1-16(2)13-23(29)31-12-9-21-20(14-18(5)27)24(30)19(15-26)7-10-25(21,6)11-8-22(28)17(3)4/h7,9,12-13,20-22,26,28H,3,8,10-11,14-15H2,1-2,4-6H3/b12-9+/t20-,21-,22?,25+/m0/s1. The van der Waals surface area contributed by atoms with Crippen LogP contribution in [0.4, 0.5) is 0 Å². The molecular formula is C25H36O6. The van der Waals surface area contributed by atoms with Crippen LogP contribution in [0.25, 0.3) is 0 Å². The average molecular weight is 433 g/mol. The highest BCUT2D eigenvalue weighted by molar-refractivity contribution is 6.00. The lowest BCUT2D eigenvalue weighted by molar-refractivity contribution is -0.132. The summed E-state index contributed by atoms with van der Waals surface area (Å²) in [6.07, 6.45) is 6.85. The van der Waals surface area contributed by atoms with Crippen LogP contribution in [0.1, 0.15) is 60.3 Å². The Balaban J connectivity index is 3.34. The molecule has 0 bridgehead atoms. The van der Waals surface area contributed by atoms with Crippen LogP contribution in [0.3, 0.4) is 0 Å². The van der Waals surface area contributed by atoms with E-state index in [2.05, 4.69) is 6.58 Å². The molecule has 0 aliphatic heterocycles. The Bertz CT molecular complexity index is 784. The summed E-state index contributed by atoms with van der Waals surface area (Å²) in [4.78, 5) is 37.0. The van der Waals surface area contributed by atoms with Gasteiger partial charge in [0.15, 0.2) is 5.78 Å². The molecule has 0 aromatic rings. The molecule has 0 aromatic carbocycles. The summed E-state index contributed by atoms with van der Waals surface area (Å²) in [6.45, 7) is 12.1. The van der Waals surface area contributed by atoms with Gasteiger partial charge in [0, 0.05) is 24.0 Å². The molecule has 0 amide bonds. The number of allylic oxidation sites excluding steroid dienone is 3. The van der Waals surface area contributed by atoms with Gasteiger partial charge >= 0.3 is 5.97 Å². The Hall–Kier alpha value is -2.31. The highest BCUT2D eigenvalue weighted by Gasteiger charge is 2.43. The summed E-state index contributed by atoms with van der Waals surface area (Å²) in [5.41, 5.74) is 1.23. The van der Waals surface area contributed by atoms with Gasteiger partial charge in [-0.25, -0.2) is 4.79 Å². The molecule has 1 aliphatic rings. The number of rotatable bonds is 10. The number of hydrogen-bond acceptors (Lipinski definition) is 6. The number of aliphatic hydroxyl groups excluding tert-OH is 2. The van der Waals surface area contributed by atoms with Crippen molar-refractivity contribution in [3.05, 3.63) is 47.8 Å². The Morgan fingerprint density at radius 1 is 1.32 bits per heavy atom. The molecule has 0 saturated heterocycles. The van der Waals surface area contributed by atoms with Crippen LogP contribution in [0, 0.1) is 17.3 Å². The van der Waals surface area contributed by atoms with Gasteiger partial charge in [-0.1, -0.05) is 30.7 Å². The summed E-state index contributed by atoms with van der Waals surface area (Å²) in [5, 5.41) is 20.0. The van der Waals surface area contributed by atoms with Crippen molar-refractivity contribution in [2.75, 3.05) is 6.61 Å². The minimum atomic E-state index is -0.691. The van der Waals surface area contributed by atoms with E-state index in [9.17, 15) is 24.6 Å². The zero-order chi connectivity index (χ0) is 23.8. The van der Waals surface area contributed by atoms with Crippen molar-refractivity contribution in [3.8, 4) is 0 Å². The van der Waals surface area contributed by atoms with Crippen LogP contribution >= 0.6 is 0 Å². The monoisotopic (exact) mass is 432 g/mol. The van der Waals surface area contributed by atoms with Crippen molar-refractivity contribution in [1.29, 1.82) is 0 Å². The smallest absolute Gasteiger partial charge is 0.335 e. The maximum absolute atomic E-state index is 13.1. The van der Waals surface area contributed by atoms with E-state index in [1.54, 1.807) is 32.9 Å². The van der Waals surface area contributed by atoms with Crippen molar-refractivity contribution in [2.45, 2.75) is 66.4 Å². The first kappa shape index (κ1) is 26.7. The summed E-state index contributed by atoms with van der Waals surface area (Å²) in [6, 6.07) is 0. The third-order valence-electron chi connectivity index (χ3n) is 5.82. The topological polar surface area (TPSA) is 101 Å². The van der Waals surface area contributed by atoms with Gasteiger partial charge in [0.25, 0.3) is 0 Å². The number of ether oxygens (including phenoxy) is 1. The van der Waals surface area contributed by atoms with Crippen LogP contribution in [0.5, 0.6) is 0 Å². The van der Waals surface area contributed by atoms with Crippen LogP contribution in [-0.2, 0) is 19.1 Å². The first-order valence-corrected chi connectivity index (χ1v) is 10.6. The van der Waals surface area contributed by atoms with Gasteiger partial charge in [-0.15, -0.1) is 0 Å². The molecule has 1 unspecified atom stereocenters. The molecule has 0 aromatic heterocycles. The lowest BCUT2D eigenvalue weighted by Crippen LogP contribution is -2.36. The Kier molecular flexibility index (Phi) is 10.3. The Labute approximate surface area is 185 Å². The summed E-state index contributed by atoms with van der Waals surface area (Å²) in [5.74, 6) is -2.05. The fourth-order valence-corrected chi connectivity index (χ4v) is 3.96. The Morgan fingerprint density at radius 2 is 1.97 bits per heavy atom. The first-order chi connectivity index (χ1) is 14.4. The summed E-state index contributed by atoms with van der Waals surface area (Å²) < 4.78 is 5.17.